The highest BCUT2D eigenvalue weighted by Crippen LogP contribution is 2.11. The van der Waals surface area contributed by atoms with Gasteiger partial charge in [-0.1, -0.05) is 0 Å². The Labute approximate surface area is 94.5 Å². The molecular formula is C12H15N3O. The van der Waals surface area contributed by atoms with Crippen molar-refractivity contribution in [1.29, 1.82) is 5.26 Å². The fourth-order valence-electron chi connectivity index (χ4n) is 2.11. The third kappa shape index (κ3) is 2.00. The molecule has 0 aromatic carbocycles. The minimum Gasteiger partial charge on any atom is -0.316 e. The molecule has 16 heavy (non-hydrogen) atoms. The first kappa shape index (κ1) is 10.9. The number of aromatic nitrogens is 1. The maximum absolute atomic E-state index is 11.9. The van der Waals surface area contributed by atoms with E-state index in [2.05, 4.69) is 5.32 Å². The highest BCUT2D eigenvalue weighted by Gasteiger charge is 2.17. The Morgan fingerprint density at radius 3 is 3.06 bits per heavy atom. The quantitative estimate of drug-likeness (QED) is 0.790. The van der Waals surface area contributed by atoms with Gasteiger partial charge in [-0.2, -0.15) is 5.26 Å². The van der Waals surface area contributed by atoms with Crippen molar-refractivity contribution in [3.63, 3.8) is 0 Å². The molecule has 1 N–H and O–H groups in total. The van der Waals surface area contributed by atoms with Crippen LogP contribution in [0.5, 0.6) is 0 Å². The van der Waals surface area contributed by atoms with Crippen molar-refractivity contribution in [1.82, 2.24) is 9.88 Å². The number of aryl methyl sites for hydroxylation is 1. The third-order valence-corrected chi connectivity index (χ3v) is 3.12. The van der Waals surface area contributed by atoms with E-state index in [1.165, 1.54) is 0 Å². The van der Waals surface area contributed by atoms with Gasteiger partial charge in [-0.05, 0) is 44.5 Å². The summed E-state index contributed by atoms with van der Waals surface area (Å²) in [6.07, 6.45) is 1.10. The van der Waals surface area contributed by atoms with E-state index in [0.29, 0.717) is 12.5 Å². The number of nitrogens with zero attached hydrogens (tertiary/aromatic N) is 2. The van der Waals surface area contributed by atoms with Gasteiger partial charge >= 0.3 is 0 Å². The van der Waals surface area contributed by atoms with Crippen LogP contribution in [0, 0.1) is 24.2 Å². The van der Waals surface area contributed by atoms with Gasteiger partial charge < -0.3 is 9.88 Å². The zero-order chi connectivity index (χ0) is 11.5. The molecule has 2 rings (SSSR count). The van der Waals surface area contributed by atoms with Crippen molar-refractivity contribution in [3.8, 4) is 6.07 Å². The number of pyridine rings is 1. The fraction of sp³-hybridized carbons (Fsp3) is 0.500. The number of nitriles is 1. The second-order valence-electron chi connectivity index (χ2n) is 4.27. The summed E-state index contributed by atoms with van der Waals surface area (Å²) < 4.78 is 1.72. The molecule has 1 saturated heterocycles. The highest BCUT2D eigenvalue weighted by atomic mass is 16.1. The average molecular weight is 217 g/mol. The van der Waals surface area contributed by atoms with Gasteiger partial charge in [0.15, 0.2) is 0 Å². The van der Waals surface area contributed by atoms with E-state index in [0.717, 1.165) is 25.2 Å². The van der Waals surface area contributed by atoms with Gasteiger partial charge in [0.05, 0.1) is 0 Å². The Hall–Kier alpha value is -1.60. The van der Waals surface area contributed by atoms with E-state index in [9.17, 15) is 4.79 Å². The van der Waals surface area contributed by atoms with E-state index < -0.39 is 0 Å². The van der Waals surface area contributed by atoms with E-state index >= 15 is 0 Å². The molecule has 1 aliphatic rings. The van der Waals surface area contributed by atoms with E-state index in [1.807, 2.05) is 19.1 Å². The minimum absolute atomic E-state index is 0.158. The standard InChI is InChI=1S/C12H15N3O/c1-9-2-3-11(6-13)12(16)15(9)8-10-4-5-14-7-10/h2-3,10,14H,4-5,7-8H2,1H3. The molecule has 1 aromatic rings. The van der Waals surface area contributed by atoms with Gasteiger partial charge in [-0.15, -0.1) is 0 Å². The van der Waals surface area contributed by atoms with E-state index in [-0.39, 0.29) is 11.1 Å². The van der Waals surface area contributed by atoms with Crippen LogP contribution in [0.25, 0.3) is 0 Å². The summed E-state index contributed by atoms with van der Waals surface area (Å²) in [5, 5.41) is 12.1. The lowest BCUT2D eigenvalue weighted by Crippen LogP contribution is -2.28. The monoisotopic (exact) mass is 217 g/mol. The van der Waals surface area contributed by atoms with Crippen LogP contribution in [0.3, 0.4) is 0 Å². The number of hydrogen-bond donors (Lipinski definition) is 1. The SMILES string of the molecule is Cc1ccc(C#N)c(=O)n1CC1CCNC1. The molecule has 2 heterocycles. The fourth-order valence-corrected chi connectivity index (χ4v) is 2.11. The molecule has 1 fully saturated rings. The summed E-state index contributed by atoms with van der Waals surface area (Å²) in [5.41, 5.74) is 1.00. The summed E-state index contributed by atoms with van der Waals surface area (Å²) in [6, 6.07) is 5.37. The Bertz CT molecular complexity index is 478. The molecule has 0 bridgehead atoms. The minimum atomic E-state index is -0.158. The van der Waals surface area contributed by atoms with Crippen molar-refractivity contribution in [3.05, 3.63) is 33.7 Å². The molecule has 84 valence electrons. The Kier molecular flexibility index (Phi) is 3.07. The van der Waals surface area contributed by atoms with Crippen LogP contribution in [0.4, 0.5) is 0 Å². The van der Waals surface area contributed by atoms with Gasteiger partial charge in [0, 0.05) is 12.2 Å². The lowest BCUT2D eigenvalue weighted by molar-refractivity contribution is 0.465. The molecule has 4 nitrogen and oxygen atoms in total. The second-order valence-corrected chi connectivity index (χ2v) is 4.27. The molecule has 1 atom stereocenters. The smallest absolute Gasteiger partial charge is 0.268 e. The number of rotatable bonds is 2. The van der Waals surface area contributed by atoms with Gasteiger partial charge in [-0.25, -0.2) is 0 Å². The van der Waals surface area contributed by atoms with Crippen LogP contribution in [0.1, 0.15) is 17.7 Å². The van der Waals surface area contributed by atoms with Gasteiger partial charge in [-0.3, -0.25) is 4.79 Å². The van der Waals surface area contributed by atoms with Gasteiger partial charge in [0.25, 0.3) is 5.56 Å². The van der Waals surface area contributed by atoms with Crippen LogP contribution in [0.15, 0.2) is 16.9 Å². The summed E-state index contributed by atoms with van der Waals surface area (Å²) in [4.78, 5) is 11.9. The summed E-state index contributed by atoms with van der Waals surface area (Å²) in [6.45, 7) is 4.61. The predicted molar refractivity (Wildman–Crippen MR) is 61.1 cm³/mol. The summed E-state index contributed by atoms with van der Waals surface area (Å²) in [7, 11) is 0. The van der Waals surface area contributed by atoms with Crippen LogP contribution < -0.4 is 10.9 Å². The second kappa shape index (κ2) is 4.50. The van der Waals surface area contributed by atoms with Crippen LogP contribution >= 0.6 is 0 Å². The van der Waals surface area contributed by atoms with Crippen LogP contribution in [-0.2, 0) is 6.54 Å². The maximum atomic E-state index is 11.9. The Morgan fingerprint density at radius 1 is 1.62 bits per heavy atom. The normalized spacial score (nSPS) is 19.6. The zero-order valence-electron chi connectivity index (χ0n) is 9.36. The first-order valence-corrected chi connectivity index (χ1v) is 5.53. The van der Waals surface area contributed by atoms with E-state index in [4.69, 9.17) is 5.26 Å². The molecular weight excluding hydrogens is 202 g/mol. The molecule has 0 radical (unpaired) electrons. The molecule has 0 aliphatic carbocycles. The Morgan fingerprint density at radius 2 is 2.44 bits per heavy atom. The summed E-state index contributed by atoms with van der Waals surface area (Å²) >= 11 is 0. The number of hydrogen-bond acceptors (Lipinski definition) is 3. The van der Waals surface area contributed by atoms with Gasteiger partial charge in [0.2, 0.25) is 0 Å². The first-order valence-electron chi connectivity index (χ1n) is 5.53. The van der Waals surface area contributed by atoms with Gasteiger partial charge in [0.1, 0.15) is 11.6 Å². The molecule has 0 spiro atoms. The zero-order valence-corrected chi connectivity index (χ0v) is 9.36. The van der Waals surface area contributed by atoms with Crippen molar-refractivity contribution < 1.29 is 0 Å². The van der Waals surface area contributed by atoms with Crippen LogP contribution in [0.2, 0.25) is 0 Å². The third-order valence-electron chi connectivity index (χ3n) is 3.12. The van der Waals surface area contributed by atoms with Crippen molar-refractivity contribution >= 4 is 0 Å². The molecule has 0 saturated carbocycles. The lowest BCUT2D eigenvalue weighted by Gasteiger charge is -2.14. The molecule has 4 heteroatoms. The summed E-state index contributed by atoms with van der Waals surface area (Å²) in [5.74, 6) is 0.505. The predicted octanol–water partition coefficient (Wildman–Crippen LogP) is 0.638. The largest absolute Gasteiger partial charge is 0.316 e. The first-order chi connectivity index (χ1) is 7.72. The molecule has 1 unspecified atom stereocenters. The van der Waals surface area contributed by atoms with Crippen LogP contribution in [-0.4, -0.2) is 17.7 Å². The van der Waals surface area contributed by atoms with Crippen molar-refractivity contribution in [2.24, 2.45) is 5.92 Å². The highest BCUT2D eigenvalue weighted by molar-refractivity contribution is 5.27. The lowest BCUT2D eigenvalue weighted by atomic mass is 10.1. The molecule has 1 aromatic heterocycles. The number of nitrogens with one attached hydrogen (secondary N) is 1. The average Bonchev–Trinajstić information content (AvgIpc) is 2.77. The van der Waals surface area contributed by atoms with Crippen molar-refractivity contribution in [2.75, 3.05) is 13.1 Å². The maximum Gasteiger partial charge on any atom is 0.268 e. The molecule has 1 aliphatic heterocycles. The topological polar surface area (TPSA) is 57.8 Å². The Balaban J connectivity index is 2.32. The van der Waals surface area contributed by atoms with Crippen molar-refractivity contribution in [2.45, 2.75) is 19.9 Å². The molecule has 0 amide bonds. The van der Waals surface area contributed by atoms with E-state index in [1.54, 1.807) is 10.6 Å².